The van der Waals surface area contributed by atoms with E-state index in [1.165, 1.54) is 24.8 Å². The summed E-state index contributed by atoms with van der Waals surface area (Å²) in [6.45, 7) is 0. The van der Waals surface area contributed by atoms with Crippen LogP contribution in [0.1, 0.15) is 18.0 Å². The van der Waals surface area contributed by atoms with Gasteiger partial charge in [0.25, 0.3) is 0 Å². The number of halogens is 3. The fourth-order valence-electron chi connectivity index (χ4n) is 3.78. The van der Waals surface area contributed by atoms with E-state index in [9.17, 15) is 26.9 Å². The van der Waals surface area contributed by atoms with Crippen molar-refractivity contribution in [3.8, 4) is 17.3 Å². The zero-order valence-corrected chi connectivity index (χ0v) is 21.0. The topological polar surface area (TPSA) is 168 Å². The van der Waals surface area contributed by atoms with E-state index in [1.54, 1.807) is 53.6 Å². The normalized spacial score (nSPS) is 12.2. The second-order valence-corrected chi connectivity index (χ2v) is 10.0. The molecule has 40 heavy (non-hydrogen) atoms. The summed E-state index contributed by atoms with van der Waals surface area (Å²) in [4.78, 5) is 24.9. The molecule has 11 nitrogen and oxygen atoms in total. The molecule has 5 rings (SSSR count). The maximum Gasteiger partial charge on any atom is 0.490 e. The Kier molecular flexibility index (Phi) is 7.91. The van der Waals surface area contributed by atoms with Gasteiger partial charge in [0.2, 0.25) is 9.84 Å². The number of carboxylic acids is 1. The van der Waals surface area contributed by atoms with Crippen LogP contribution in [0.15, 0.2) is 89.6 Å². The minimum absolute atomic E-state index is 0.00740. The number of rotatable bonds is 6. The van der Waals surface area contributed by atoms with Crippen LogP contribution in [-0.4, -0.2) is 55.4 Å². The molecule has 1 atom stereocenters. The number of carboxylic acid groups (broad SMARTS) is 1. The second-order valence-electron chi connectivity index (χ2n) is 8.08. The van der Waals surface area contributed by atoms with Crippen molar-refractivity contribution < 1.29 is 31.5 Å². The molecule has 0 fully saturated rings. The quantitative estimate of drug-likeness (QED) is 0.305. The van der Waals surface area contributed by atoms with Gasteiger partial charge in [0.1, 0.15) is 12.0 Å². The van der Waals surface area contributed by atoms with Crippen LogP contribution in [0.3, 0.4) is 0 Å². The lowest BCUT2D eigenvalue weighted by molar-refractivity contribution is -0.192. The number of hydrogen-bond donors (Lipinski definition) is 2. The van der Waals surface area contributed by atoms with Gasteiger partial charge in [-0.1, -0.05) is 18.2 Å². The van der Waals surface area contributed by atoms with Gasteiger partial charge >= 0.3 is 12.1 Å². The van der Waals surface area contributed by atoms with E-state index in [0.29, 0.717) is 16.9 Å². The van der Waals surface area contributed by atoms with E-state index in [2.05, 4.69) is 31.1 Å². The Hall–Kier alpha value is -5.10. The summed E-state index contributed by atoms with van der Waals surface area (Å²) < 4.78 is 60.1. The molecule has 0 amide bonds. The van der Waals surface area contributed by atoms with Gasteiger partial charge in [-0.2, -0.15) is 23.5 Å². The van der Waals surface area contributed by atoms with Crippen LogP contribution in [0.5, 0.6) is 0 Å². The first-order valence-electron chi connectivity index (χ1n) is 11.3. The van der Waals surface area contributed by atoms with Crippen LogP contribution in [0, 0.1) is 11.3 Å². The smallest absolute Gasteiger partial charge is 0.475 e. The van der Waals surface area contributed by atoms with Crippen LogP contribution in [-0.2, 0) is 14.6 Å². The predicted octanol–water partition coefficient (Wildman–Crippen LogP) is 4.19. The van der Waals surface area contributed by atoms with Crippen molar-refractivity contribution in [2.24, 2.45) is 0 Å². The third kappa shape index (κ3) is 5.81. The van der Waals surface area contributed by atoms with Gasteiger partial charge in [-0.05, 0) is 24.3 Å². The highest BCUT2D eigenvalue weighted by Gasteiger charge is 2.38. The van der Waals surface area contributed by atoms with E-state index in [-0.39, 0.29) is 16.2 Å². The molecule has 1 unspecified atom stereocenters. The number of aliphatic carboxylic acids is 1. The molecular formula is C25H18F3N7O4S. The Bertz CT molecular complexity index is 1800. The summed E-state index contributed by atoms with van der Waals surface area (Å²) in [5, 5.41) is 21.9. The standard InChI is InChI=1S/C23H17N7O2S.C2HF3O2/c24-9-6-20(19-13-25-10-8-21(19)33(31,32)17-4-2-1-3-5-17)30-14-16(12-29-30)22-18-7-11-26-23(18)28-15-27-22;3-2(4,5)1(6)7/h1-5,7-8,10-15,20H,6H2,(H,26,27,28);(H,6,7). The highest BCUT2D eigenvalue weighted by Crippen LogP contribution is 2.32. The fourth-order valence-corrected chi connectivity index (χ4v) is 5.29. The molecule has 0 radical (unpaired) electrons. The van der Waals surface area contributed by atoms with Gasteiger partial charge in [-0.25, -0.2) is 23.2 Å². The first-order valence-corrected chi connectivity index (χ1v) is 12.8. The highest BCUT2D eigenvalue weighted by molar-refractivity contribution is 7.91. The van der Waals surface area contributed by atoms with E-state index in [1.807, 2.05) is 6.07 Å². The van der Waals surface area contributed by atoms with Crippen molar-refractivity contribution in [1.82, 2.24) is 29.7 Å². The van der Waals surface area contributed by atoms with E-state index < -0.39 is 28.0 Å². The predicted molar refractivity (Wildman–Crippen MR) is 133 cm³/mol. The number of hydrogen-bond acceptors (Lipinski definition) is 8. The Labute approximate surface area is 224 Å². The van der Waals surface area contributed by atoms with Gasteiger partial charge in [-0.3, -0.25) is 9.67 Å². The molecule has 0 saturated carbocycles. The summed E-state index contributed by atoms with van der Waals surface area (Å²) in [7, 11) is -3.82. The number of benzene rings is 1. The van der Waals surface area contributed by atoms with E-state index in [0.717, 1.165) is 10.9 Å². The summed E-state index contributed by atoms with van der Waals surface area (Å²) >= 11 is 0. The van der Waals surface area contributed by atoms with Crippen LogP contribution in [0.2, 0.25) is 0 Å². The lowest BCUT2D eigenvalue weighted by atomic mass is 10.1. The molecule has 0 aliphatic heterocycles. The molecule has 15 heteroatoms. The highest BCUT2D eigenvalue weighted by atomic mass is 32.2. The van der Waals surface area contributed by atoms with Crippen LogP contribution < -0.4 is 0 Å². The lowest BCUT2D eigenvalue weighted by Gasteiger charge is -2.18. The Balaban J connectivity index is 0.000000470. The molecule has 4 heterocycles. The third-order valence-corrected chi connectivity index (χ3v) is 7.43. The summed E-state index contributed by atoms with van der Waals surface area (Å²) in [5.41, 5.74) is 2.50. The number of H-pyrrole nitrogens is 1. The average molecular weight is 570 g/mol. The van der Waals surface area contributed by atoms with Crippen LogP contribution in [0.4, 0.5) is 13.2 Å². The van der Waals surface area contributed by atoms with E-state index >= 15 is 0 Å². The largest absolute Gasteiger partial charge is 0.490 e. The van der Waals surface area contributed by atoms with Crippen molar-refractivity contribution in [1.29, 1.82) is 5.26 Å². The van der Waals surface area contributed by atoms with Gasteiger partial charge in [0.05, 0.1) is 40.2 Å². The molecule has 5 aromatic rings. The maximum absolute atomic E-state index is 13.4. The number of aromatic nitrogens is 6. The number of alkyl halides is 3. The Morgan fingerprint density at radius 3 is 2.52 bits per heavy atom. The van der Waals surface area contributed by atoms with E-state index in [4.69, 9.17) is 9.90 Å². The molecule has 2 N–H and O–H groups in total. The molecule has 0 bridgehead atoms. The average Bonchev–Trinajstić information content (AvgIpc) is 3.62. The van der Waals surface area contributed by atoms with Crippen molar-refractivity contribution in [3.63, 3.8) is 0 Å². The first-order chi connectivity index (χ1) is 19.0. The SMILES string of the molecule is N#CCC(c1cnccc1S(=O)(=O)c1ccccc1)n1cc(-c2ncnc3[nH]ccc23)cn1.O=C(O)C(F)(F)F. The zero-order valence-electron chi connectivity index (χ0n) is 20.2. The molecule has 0 saturated heterocycles. The van der Waals surface area contributed by atoms with Gasteiger partial charge < -0.3 is 10.1 Å². The molecule has 204 valence electrons. The first kappa shape index (κ1) is 27.9. The molecule has 1 aromatic carbocycles. The lowest BCUT2D eigenvalue weighted by Crippen LogP contribution is -2.21. The number of pyridine rings is 1. The minimum Gasteiger partial charge on any atom is -0.475 e. The van der Waals surface area contributed by atoms with Gasteiger partial charge in [0.15, 0.2) is 0 Å². The van der Waals surface area contributed by atoms with Crippen LogP contribution >= 0.6 is 0 Å². The minimum atomic E-state index is -5.08. The van der Waals surface area contributed by atoms with Crippen molar-refractivity contribution in [2.45, 2.75) is 28.4 Å². The summed E-state index contributed by atoms with van der Waals surface area (Å²) in [5.74, 6) is -2.76. The monoisotopic (exact) mass is 569 g/mol. The van der Waals surface area contributed by atoms with Crippen molar-refractivity contribution in [2.75, 3.05) is 0 Å². The van der Waals surface area contributed by atoms with Crippen LogP contribution in [0.25, 0.3) is 22.3 Å². The molecule has 0 aliphatic carbocycles. The molecular weight excluding hydrogens is 551 g/mol. The number of nitriles is 1. The fraction of sp³-hybridized carbons (Fsp3) is 0.120. The third-order valence-electron chi connectivity index (χ3n) is 5.59. The van der Waals surface area contributed by atoms with Gasteiger partial charge in [0, 0.05) is 41.3 Å². The zero-order chi connectivity index (χ0) is 28.9. The Morgan fingerprint density at radius 1 is 1.12 bits per heavy atom. The summed E-state index contributed by atoms with van der Waals surface area (Å²) in [6, 6.07) is 13.0. The molecule has 4 aromatic heterocycles. The number of nitrogens with one attached hydrogen (secondary N) is 1. The van der Waals surface area contributed by atoms with Gasteiger partial charge in [-0.15, -0.1) is 0 Å². The number of nitrogens with zero attached hydrogens (tertiary/aromatic N) is 6. The van der Waals surface area contributed by atoms with Crippen molar-refractivity contribution >= 4 is 26.8 Å². The number of carbonyl (C=O) groups is 1. The van der Waals surface area contributed by atoms with Crippen molar-refractivity contribution in [3.05, 3.63) is 85.3 Å². The summed E-state index contributed by atoms with van der Waals surface area (Å²) in [6.07, 6.45) is 4.47. The number of aromatic amines is 1. The number of fused-ring (bicyclic) bond motifs is 1. The second kappa shape index (κ2) is 11.3. The molecule has 0 aliphatic rings. The molecule has 0 spiro atoms. The number of sulfone groups is 1. The maximum atomic E-state index is 13.4. The Morgan fingerprint density at radius 2 is 1.85 bits per heavy atom.